The Kier molecular flexibility index (Phi) is 6.39. The minimum atomic E-state index is -0.807. The summed E-state index contributed by atoms with van der Waals surface area (Å²) in [7, 11) is 3.00. The number of ether oxygens (including phenoxy) is 2. The molecule has 1 unspecified atom stereocenters. The lowest BCUT2D eigenvalue weighted by Crippen LogP contribution is -2.29. The number of Topliss-reactive ketones (excluding diaryl/α,β-unsaturated/α-hetero) is 1. The zero-order chi connectivity index (χ0) is 25.3. The molecule has 1 N–H and O–H groups in total. The van der Waals surface area contributed by atoms with Crippen LogP contribution in [0.25, 0.3) is 5.76 Å². The van der Waals surface area contributed by atoms with Crippen LogP contribution in [-0.2, 0) is 15.0 Å². The van der Waals surface area contributed by atoms with Crippen LogP contribution in [-0.4, -0.2) is 31.0 Å². The van der Waals surface area contributed by atoms with E-state index in [9.17, 15) is 14.7 Å². The van der Waals surface area contributed by atoms with Gasteiger partial charge in [0.1, 0.15) is 17.3 Å². The van der Waals surface area contributed by atoms with Crippen LogP contribution in [0.5, 0.6) is 11.5 Å². The van der Waals surface area contributed by atoms with Crippen LogP contribution < -0.4 is 14.4 Å². The fourth-order valence-electron chi connectivity index (χ4n) is 4.31. The number of carbonyl (C=O) groups excluding carboxylic acids is 2. The number of hydrogen-bond acceptors (Lipinski definition) is 5. The zero-order valence-corrected chi connectivity index (χ0v) is 20.5. The van der Waals surface area contributed by atoms with Crippen molar-refractivity contribution in [1.82, 2.24) is 0 Å². The van der Waals surface area contributed by atoms with Gasteiger partial charge in [-0.1, -0.05) is 63.2 Å². The van der Waals surface area contributed by atoms with Crippen LogP contribution in [0, 0.1) is 0 Å². The molecule has 0 bridgehead atoms. The molecule has 1 aliphatic rings. The first-order chi connectivity index (χ1) is 16.7. The van der Waals surface area contributed by atoms with Crippen LogP contribution in [0.4, 0.5) is 5.69 Å². The molecule has 1 fully saturated rings. The van der Waals surface area contributed by atoms with Gasteiger partial charge in [0.2, 0.25) is 0 Å². The predicted octanol–water partition coefficient (Wildman–Crippen LogP) is 5.63. The maximum atomic E-state index is 13.4. The van der Waals surface area contributed by atoms with E-state index >= 15 is 0 Å². The fourth-order valence-corrected chi connectivity index (χ4v) is 4.31. The molecule has 35 heavy (non-hydrogen) atoms. The monoisotopic (exact) mass is 471 g/mol. The SMILES string of the molecule is COc1ccc(/C(O)=C2/C(=O)C(=O)N(c3ccccc3)C2c2ccc(C(C)(C)C)cc2)c(OC)c1. The molecule has 1 aliphatic heterocycles. The summed E-state index contributed by atoms with van der Waals surface area (Å²) >= 11 is 0. The molecule has 6 heteroatoms. The van der Waals surface area contributed by atoms with Crippen molar-refractivity contribution in [3.05, 3.63) is 95.1 Å². The highest BCUT2D eigenvalue weighted by atomic mass is 16.5. The lowest BCUT2D eigenvalue weighted by atomic mass is 9.85. The molecule has 4 rings (SSSR count). The summed E-state index contributed by atoms with van der Waals surface area (Å²) in [4.78, 5) is 28.1. The molecule has 0 radical (unpaired) electrons. The maximum absolute atomic E-state index is 13.4. The van der Waals surface area contributed by atoms with E-state index in [2.05, 4.69) is 20.8 Å². The largest absolute Gasteiger partial charge is 0.507 e. The Labute approximate surface area is 205 Å². The topological polar surface area (TPSA) is 76.1 Å². The van der Waals surface area contributed by atoms with Gasteiger partial charge in [-0.05, 0) is 40.8 Å². The number of para-hydroxylation sites is 1. The number of aliphatic hydroxyl groups is 1. The van der Waals surface area contributed by atoms with E-state index in [1.54, 1.807) is 42.5 Å². The second-order valence-electron chi connectivity index (χ2n) is 9.44. The first kappa shape index (κ1) is 24.1. The van der Waals surface area contributed by atoms with Crippen LogP contribution in [0.1, 0.15) is 43.5 Å². The van der Waals surface area contributed by atoms with E-state index in [1.807, 2.05) is 30.3 Å². The Morgan fingerprint density at radius 3 is 2.11 bits per heavy atom. The van der Waals surface area contributed by atoms with Crippen LogP contribution >= 0.6 is 0 Å². The Morgan fingerprint density at radius 1 is 0.886 bits per heavy atom. The van der Waals surface area contributed by atoms with Gasteiger partial charge in [0.25, 0.3) is 11.7 Å². The molecule has 1 amide bonds. The summed E-state index contributed by atoms with van der Waals surface area (Å²) in [6.45, 7) is 6.36. The molecule has 180 valence electrons. The van der Waals surface area contributed by atoms with Gasteiger partial charge in [-0.25, -0.2) is 0 Å². The molecule has 0 aliphatic carbocycles. The Morgan fingerprint density at radius 2 is 1.54 bits per heavy atom. The summed E-state index contributed by atoms with van der Waals surface area (Å²) in [5, 5.41) is 11.4. The smallest absolute Gasteiger partial charge is 0.300 e. The standard InChI is InChI=1S/C29H29NO5/c1-29(2,3)19-13-11-18(12-14-19)25-24(26(31)22-16-15-21(34-4)17-23(22)35-5)27(32)28(33)30(25)20-9-7-6-8-10-20/h6-17,25,31H,1-5H3/b26-24-. The summed E-state index contributed by atoms with van der Waals surface area (Å²) in [6, 6.07) is 20.9. The van der Waals surface area contributed by atoms with Crippen molar-refractivity contribution in [2.24, 2.45) is 0 Å². The minimum absolute atomic E-state index is 0.00540. The van der Waals surface area contributed by atoms with Crippen molar-refractivity contribution >= 4 is 23.1 Å². The number of ketones is 1. The molecule has 0 spiro atoms. The van der Waals surface area contributed by atoms with E-state index in [0.717, 1.165) is 11.1 Å². The zero-order valence-electron chi connectivity index (χ0n) is 20.5. The number of methoxy groups -OCH3 is 2. The molecular formula is C29H29NO5. The first-order valence-electron chi connectivity index (χ1n) is 11.4. The second-order valence-corrected chi connectivity index (χ2v) is 9.44. The highest BCUT2D eigenvalue weighted by Gasteiger charge is 2.47. The van der Waals surface area contributed by atoms with Gasteiger partial charge in [-0.3, -0.25) is 14.5 Å². The average Bonchev–Trinajstić information content (AvgIpc) is 3.13. The number of hydrogen-bond donors (Lipinski definition) is 1. The van der Waals surface area contributed by atoms with Crippen molar-refractivity contribution in [3.8, 4) is 11.5 Å². The molecule has 3 aromatic carbocycles. The van der Waals surface area contributed by atoms with E-state index in [0.29, 0.717) is 22.7 Å². The number of carbonyl (C=O) groups is 2. The molecule has 0 saturated carbocycles. The molecule has 1 saturated heterocycles. The number of rotatable bonds is 5. The number of aliphatic hydroxyl groups excluding tert-OH is 1. The lowest BCUT2D eigenvalue weighted by molar-refractivity contribution is -0.132. The third-order valence-electron chi connectivity index (χ3n) is 6.24. The van der Waals surface area contributed by atoms with Crippen LogP contribution in [0.3, 0.4) is 0 Å². The van der Waals surface area contributed by atoms with Gasteiger partial charge in [0, 0.05) is 11.8 Å². The number of nitrogens with zero attached hydrogens (tertiary/aromatic N) is 1. The second kappa shape index (κ2) is 9.29. The third kappa shape index (κ3) is 4.39. The minimum Gasteiger partial charge on any atom is -0.507 e. The van der Waals surface area contributed by atoms with Crippen LogP contribution in [0.15, 0.2) is 78.4 Å². The third-order valence-corrected chi connectivity index (χ3v) is 6.24. The van der Waals surface area contributed by atoms with Crippen molar-refractivity contribution in [2.75, 3.05) is 19.1 Å². The average molecular weight is 472 g/mol. The van der Waals surface area contributed by atoms with Gasteiger partial charge in [-0.15, -0.1) is 0 Å². The van der Waals surface area contributed by atoms with E-state index in [-0.39, 0.29) is 16.7 Å². The lowest BCUT2D eigenvalue weighted by Gasteiger charge is -2.26. The summed E-state index contributed by atoms with van der Waals surface area (Å²) in [5.41, 5.74) is 2.66. The molecule has 1 heterocycles. The van der Waals surface area contributed by atoms with E-state index < -0.39 is 17.7 Å². The Bertz CT molecular complexity index is 1290. The Hall–Kier alpha value is -4.06. The normalized spacial score (nSPS) is 17.5. The van der Waals surface area contributed by atoms with E-state index in [4.69, 9.17) is 9.47 Å². The number of amides is 1. The number of anilines is 1. The fraction of sp³-hybridized carbons (Fsp3) is 0.241. The van der Waals surface area contributed by atoms with Gasteiger partial charge < -0.3 is 14.6 Å². The molecule has 6 nitrogen and oxygen atoms in total. The molecular weight excluding hydrogens is 442 g/mol. The van der Waals surface area contributed by atoms with Crippen molar-refractivity contribution < 1.29 is 24.2 Å². The van der Waals surface area contributed by atoms with Gasteiger partial charge in [-0.2, -0.15) is 0 Å². The first-order valence-corrected chi connectivity index (χ1v) is 11.4. The quantitative estimate of drug-likeness (QED) is 0.297. The molecule has 1 atom stereocenters. The summed E-state index contributed by atoms with van der Waals surface area (Å²) < 4.78 is 10.7. The van der Waals surface area contributed by atoms with Gasteiger partial charge in [0.15, 0.2) is 0 Å². The van der Waals surface area contributed by atoms with Crippen molar-refractivity contribution in [1.29, 1.82) is 0 Å². The number of benzene rings is 3. The van der Waals surface area contributed by atoms with E-state index in [1.165, 1.54) is 19.1 Å². The van der Waals surface area contributed by atoms with Crippen molar-refractivity contribution in [2.45, 2.75) is 32.2 Å². The highest BCUT2D eigenvalue weighted by Crippen LogP contribution is 2.44. The highest BCUT2D eigenvalue weighted by molar-refractivity contribution is 6.51. The van der Waals surface area contributed by atoms with Gasteiger partial charge >= 0.3 is 0 Å². The predicted molar refractivity (Wildman–Crippen MR) is 136 cm³/mol. The molecule has 3 aromatic rings. The Balaban J connectivity index is 1.94. The summed E-state index contributed by atoms with van der Waals surface area (Å²) in [6.07, 6.45) is 0. The summed E-state index contributed by atoms with van der Waals surface area (Å²) in [5.74, 6) is -0.887. The van der Waals surface area contributed by atoms with Gasteiger partial charge in [0.05, 0.1) is 31.4 Å². The molecule has 0 aromatic heterocycles. The van der Waals surface area contributed by atoms with Crippen molar-refractivity contribution in [3.63, 3.8) is 0 Å². The van der Waals surface area contributed by atoms with Crippen LogP contribution in [0.2, 0.25) is 0 Å². The maximum Gasteiger partial charge on any atom is 0.300 e.